The second kappa shape index (κ2) is 9.89. The minimum atomic E-state index is -1.76. The van der Waals surface area contributed by atoms with Crippen molar-refractivity contribution in [1.29, 1.82) is 0 Å². The van der Waals surface area contributed by atoms with E-state index in [-0.39, 0.29) is 31.9 Å². The number of nitrogens with two attached hydrogens (primary N) is 1. The highest BCUT2D eigenvalue weighted by Crippen LogP contribution is 2.48. The summed E-state index contributed by atoms with van der Waals surface area (Å²) in [6.45, 7) is 4.21. The summed E-state index contributed by atoms with van der Waals surface area (Å²) >= 11 is 0. The Morgan fingerprint density at radius 3 is 2.88 bits per heavy atom. The maximum absolute atomic E-state index is 15.0. The first-order valence-corrected chi connectivity index (χ1v) is 13.7. The van der Waals surface area contributed by atoms with Crippen LogP contribution in [0, 0.1) is 12.7 Å². The lowest BCUT2D eigenvalue weighted by Crippen LogP contribution is -2.47. The molecule has 1 aromatic heterocycles. The number of benzene rings is 1. The van der Waals surface area contributed by atoms with Crippen LogP contribution in [0.15, 0.2) is 23.3 Å². The number of ether oxygens (including phenoxy) is 2. The standard InChI is InChI=1S/C29H31FN4O7/c1-3-29(39)17-8-21-25-16(11-34(21)10-14(17)12-41-28(29)38)24-19(33-27(37)26(31)40-7-6-22(35)36)5-4-15-13(2)18(30)9-20(32-25)23(15)24/h8-9,19,26,39H,3-7,10-12,31H2,1-2H3,(H,33,37)(H,35,36)/t19-,26?,29-/m0/s1. The molecule has 5 N–H and O–H groups in total. The number of fused-ring (bicyclic) bond motifs is 4. The summed E-state index contributed by atoms with van der Waals surface area (Å²) in [4.78, 5) is 43.3. The number of nitrogens with zero attached hydrogens (tertiary/aromatic N) is 2. The number of amides is 1. The maximum Gasteiger partial charge on any atom is 0.343 e. The molecule has 1 amide bonds. The number of hydrogen-bond donors (Lipinski definition) is 4. The van der Waals surface area contributed by atoms with Gasteiger partial charge in [-0.1, -0.05) is 6.92 Å². The van der Waals surface area contributed by atoms with Crippen molar-refractivity contribution in [3.63, 3.8) is 0 Å². The summed E-state index contributed by atoms with van der Waals surface area (Å²) < 4.78 is 25.6. The minimum Gasteiger partial charge on any atom is -0.481 e. The number of carbonyl (C=O) groups is 3. The molecular formula is C29H31FN4O7. The van der Waals surface area contributed by atoms with Gasteiger partial charge in [0, 0.05) is 35.7 Å². The van der Waals surface area contributed by atoms with Crippen LogP contribution in [0.3, 0.4) is 0 Å². The zero-order valence-corrected chi connectivity index (χ0v) is 22.8. The second-order valence-electron chi connectivity index (χ2n) is 10.9. The summed E-state index contributed by atoms with van der Waals surface area (Å²) in [6.07, 6.45) is 1.29. The van der Waals surface area contributed by atoms with E-state index in [4.69, 9.17) is 25.3 Å². The molecule has 4 heterocycles. The van der Waals surface area contributed by atoms with Gasteiger partial charge >= 0.3 is 11.9 Å². The van der Waals surface area contributed by atoms with Crippen LogP contribution in [0.4, 0.5) is 4.39 Å². The van der Waals surface area contributed by atoms with E-state index in [2.05, 4.69) is 10.2 Å². The molecular weight excluding hydrogens is 535 g/mol. The average molecular weight is 567 g/mol. The average Bonchev–Trinajstić information content (AvgIpc) is 3.30. The quantitative estimate of drug-likeness (QED) is 0.287. The van der Waals surface area contributed by atoms with Gasteiger partial charge in [0.15, 0.2) is 11.8 Å². The van der Waals surface area contributed by atoms with Gasteiger partial charge in [-0.25, -0.2) is 14.2 Å². The highest BCUT2D eigenvalue weighted by molar-refractivity contribution is 5.94. The van der Waals surface area contributed by atoms with Crippen molar-refractivity contribution >= 4 is 34.4 Å². The molecule has 11 nitrogen and oxygen atoms in total. The molecule has 1 aliphatic carbocycles. The smallest absolute Gasteiger partial charge is 0.343 e. The number of carbonyl (C=O) groups excluding carboxylic acids is 2. The number of hydrogen-bond acceptors (Lipinski definition) is 9. The number of aliphatic hydroxyl groups is 1. The zero-order chi connectivity index (χ0) is 29.2. The molecule has 0 radical (unpaired) electrons. The van der Waals surface area contributed by atoms with E-state index in [1.807, 2.05) is 0 Å². The predicted molar refractivity (Wildman–Crippen MR) is 143 cm³/mol. The Morgan fingerprint density at radius 2 is 2.15 bits per heavy atom. The predicted octanol–water partition coefficient (Wildman–Crippen LogP) is 1.73. The van der Waals surface area contributed by atoms with Crippen LogP contribution in [0.2, 0.25) is 0 Å². The largest absolute Gasteiger partial charge is 0.481 e. The molecule has 0 spiro atoms. The summed E-state index contributed by atoms with van der Waals surface area (Å²) in [7, 11) is 0. The number of pyridine rings is 1. The normalized spacial score (nSPS) is 23.4. The summed E-state index contributed by atoms with van der Waals surface area (Å²) in [6, 6.07) is 0.926. The van der Waals surface area contributed by atoms with Gasteiger partial charge in [-0.3, -0.25) is 15.3 Å². The molecule has 12 heteroatoms. The van der Waals surface area contributed by atoms with Crippen molar-refractivity contribution < 1.29 is 38.5 Å². The van der Waals surface area contributed by atoms with Gasteiger partial charge in [0.1, 0.15) is 12.4 Å². The van der Waals surface area contributed by atoms with Gasteiger partial charge in [0.25, 0.3) is 5.91 Å². The molecule has 0 bridgehead atoms. The Morgan fingerprint density at radius 1 is 1.37 bits per heavy atom. The van der Waals surface area contributed by atoms with Crippen LogP contribution in [0.1, 0.15) is 60.2 Å². The Bertz CT molecular complexity index is 1590. The number of carboxylic acids is 1. The van der Waals surface area contributed by atoms with Crippen molar-refractivity contribution in [2.45, 2.75) is 63.9 Å². The number of carboxylic acid groups (broad SMARTS) is 1. The monoisotopic (exact) mass is 566 g/mol. The number of aryl methyl sites for hydroxylation is 1. The number of cyclic esters (lactones) is 1. The van der Waals surface area contributed by atoms with Crippen LogP contribution in [-0.2, 0) is 36.8 Å². The number of aliphatic carboxylic acids is 1. The lowest BCUT2D eigenvalue weighted by atomic mass is 9.81. The topological polar surface area (TPSA) is 164 Å². The van der Waals surface area contributed by atoms with E-state index in [0.29, 0.717) is 54.0 Å². The number of nitrogens with one attached hydrogen (secondary N) is 1. The molecule has 0 fully saturated rings. The lowest BCUT2D eigenvalue weighted by Gasteiger charge is -2.37. The van der Waals surface area contributed by atoms with E-state index >= 15 is 4.39 Å². The molecule has 3 aliphatic heterocycles. The van der Waals surface area contributed by atoms with Crippen molar-refractivity contribution in [3.8, 4) is 0 Å². The molecule has 3 atom stereocenters. The van der Waals surface area contributed by atoms with E-state index in [1.165, 1.54) is 6.07 Å². The molecule has 41 heavy (non-hydrogen) atoms. The second-order valence-corrected chi connectivity index (χ2v) is 10.9. The third-order valence-corrected chi connectivity index (χ3v) is 8.61. The van der Waals surface area contributed by atoms with Gasteiger partial charge in [0.2, 0.25) is 0 Å². The molecule has 2 aromatic rings. The Hall–Kier alpha value is -3.87. The molecule has 0 saturated carbocycles. The molecule has 1 aromatic carbocycles. The molecule has 1 unspecified atom stereocenters. The molecule has 216 valence electrons. The fraction of sp³-hybridized carbons (Fsp3) is 0.448. The van der Waals surface area contributed by atoms with Crippen molar-refractivity contribution in [1.82, 2.24) is 15.2 Å². The van der Waals surface area contributed by atoms with Crippen LogP contribution in [-0.4, -0.2) is 69.5 Å². The first-order valence-electron chi connectivity index (χ1n) is 13.7. The fourth-order valence-electron chi connectivity index (χ4n) is 6.42. The van der Waals surface area contributed by atoms with Gasteiger partial charge < -0.3 is 29.9 Å². The highest BCUT2D eigenvalue weighted by Gasteiger charge is 2.47. The molecule has 6 rings (SSSR count). The Labute approximate surface area is 234 Å². The highest BCUT2D eigenvalue weighted by atomic mass is 19.1. The van der Waals surface area contributed by atoms with Crippen molar-refractivity contribution in [2.24, 2.45) is 5.73 Å². The summed E-state index contributed by atoms with van der Waals surface area (Å²) in [5, 5.41) is 23.8. The SMILES string of the molecule is CC[C@@]1(O)C(=O)OCC2=C1C=C1c3nc4cc(F)c(C)c5c4c(c3CN1C2)[C@@H](NC(=O)C(N)OCCC(=O)O)CC5. The first kappa shape index (κ1) is 27.3. The number of halogens is 1. The van der Waals surface area contributed by atoms with E-state index in [0.717, 1.165) is 27.6 Å². The number of esters is 1. The van der Waals surface area contributed by atoms with Gasteiger partial charge in [-0.15, -0.1) is 0 Å². The van der Waals surface area contributed by atoms with E-state index in [1.54, 1.807) is 19.9 Å². The Kier molecular flexibility index (Phi) is 6.59. The van der Waals surface area contributed by atoms with Crippen LogP contribution >= 0.6 is 0 Å². The summed E-state index contributed by atoms with van der Waals surface area (Å²) in [5.74, 6) is -2.70. The first-order chi connectivity index (χ1) is 19.5. The third-order valence-electron chi connectivity index (χ3n) is 8.61. The fourth-order valence-corrected chi connectivity index (χ4v) is 6.42. The number of aromatic nitrogens is 1. The van der Waals surface area contributed by atoms with Gasteiger partial charge in [-0.05, 0) is 54.5 Å². The van der Waals surface area contributed by atoms with Crippen LogP contribution < -0.4 is 11.1 Å². The van der Waals surface area contributed by atoms with Crippen LogP contribution in [0.5, 0.6) is 0 Å². The molecule has 4 aliphatic rings. The lowest BCUT2D eigenvalue weighted by molar-refractivity contribution is -0.163. The molecule has 0 saturated heterocycles. The zero-order valence-electron chi connectivity index (χ0n) is 22.8. The number of rotatable bonds is 7. The van der Waals surface area contributed by atoms with Gasteiger partial charge in [0.05, 0.1) is 36.0 Å². The summed E-state index contributed by atoms with van der Waals surface area (Å²) in [5.41, 5.74) is 10.3. The van der Waals surface area contributed by atoms with Crippen molar-refractivity contribution in [2.75, 3.05) is 19.8 Å². The van der Waals surface area contributed by atoms with Crippen molar-refractivity contribution in [3.05, 3.63) is 57.1 Å². The third kappa shape index (κ3) is 4.28. The van der Waals surface area contributed by atoms with Crippen LogP contribution in [0.25, 0.3) is 16.6 Å². The van der Waals surface area contributed by atoms with E-state index < -0.39 is 35.7 Å². The Balaban J connectivity index is 1.44. The van der Waals surface area contributed by atoms with E-state index in [9.17, 15) is 19.5 Å². The van der Waals surface area contributed by atoms with Gasteiger partial charge in [-0.2, -0.15) is 0 Å². The minimum absolute atomic E-state index is 0.0857. The maximum atomic E-state index is 15.0.